The Bertz CT molecular complexity index is 419. The van der Waals surface area contributed by atoms with Crippen molar-refractivity contribution in [1.29, 1.82) is 0 Å². The SMILES string of the molecule is CCOc1ccc(CC(=O)NC2CCC(C)CC2)cc1. The molecule has 0 radical (unpaired) electrons. The molecule has 1 aliphatic rings. The van der Waals surface area contributed by atoms with Crippen molar-refractivity contribution in [2.24, 2.45) is 5.92 Å². The third-order valence-corrected chi connectivity index (χ3v) is 3.98. The Morgan fingerprint density at radius 1 is 1.20 bits per heavy atom. The molecule has 0 saturated heterocycles. The normalized spacial score (nSPS) is 22.3. The predicted octanol–water partition coefficient (Wildman–Crippen LogP) is 3.32. The number of rotatable bonds is 5. The highest BCUT2D eigenvalue weighted by Gasteiger charge is 2.19. The van der Waals surface area contributed by atoms with Crippen LogP contribution in [0.4, 0.5) is 0 Å². The molecule has 110 valence electrons. The Hall–Kier alpha value is -1.51. The molecule has 20 heavy (non-hydrogen) atoms. The monoisotopic (exact) mass is 275 g/mol. The van der Waals surface area contributed by atoms with E-state index in [4.69, 9.17) is 4.74 Å². The molecule has 0 aliphatic heterocycles. The van der Waals surface area contributed by atoms with Crippen molar-refractivity contribution in [3.8, 4) is 5.75 Å². The number of hydrogen-bond donors (Lipinski definition) is 1. The van der Waals surface area contributed by atoms with Gasteiger partial charge < -0.3 is 10.1 Å². The van der Waals surface area contributed by atoms with Gasteiger partial charge in [0.1, 0.15) is 5.75 Å². The summed E-state index contributed by atoms with van der Waals surface area (Å²) < 4.78 is 5.40. The lowest BCUT2D eigenvalue weighted by Crippen LogP contribution is -2.38. The first-order valence-corrected chi connectivity index (χ1v) is 7.68. The molecule has 1 N–H and O–H groups in total. The van der Waals surface area contributed by atoms with E-state index in [1.165, 1.54) is 12.8 Å². The zero-order chi connectivity index (χ0) is 14.4. The van der Waals surface area contributed by atoms with Crippen LogP contribution in [0.25, 0.3) is 0 Å². The van der Waals surface area contributed by atoms with E-state index in [9.17, 15) is 4.79 Å². The smallest absolute Gasteiger partial charge is 0.224 e. The first-order valence-electron chi connectivity index (χ1n) is 7.68. The maximum Gasteiger partial charge on any atom is 0.224 e. The van der Waals surface area contributed by atoms with Crippen molar-refractivity contribution in [1.82, 2.24) is 5.32 Å². The van der Waals surface area contributed by atoms with Gasteiger partial charge in [-0.3, -0.25) is 4.79 Å². The fourth-order valence-electron chi connectivity index (χ4n) is 2.74. The Kier molecular flexibility index (Phi) is 5.45. The van der Waals surface area contributed by atoms with Gasteiger partial charge in [0.25, 0.3) is 0 Å². The van der Waals surface area contributed by atoms with Gasteiger partial charge in [-0.1, -0.05) is 19.1 Å². The van der Waals surface area contributed by atoms with Crippen molar-refractivity contribution < 1.29 is 9.53 Å². The molecule has 1 fully saturated rings. The van der Waals surface area contributed by atoms with Crippen LogP contribution in [0.15, 0.2) is 24.3 Å². The predicted molar refractivity (Wildman–Crippen MR) is 80.9 cm³/mol. The Labute approximate surface area is 121 Å². The first kappa shape index (κ1) is 14.9. The third kappa shape index (κ3) is 4.55. The van der Waals surface area contributed by atoms with Crippen molar-refractivity contribution >= 4 is 5.91 Å². The van der Waals surface area contributed by atoms with Crippen LogP contribution in [-0.2, 0) is 11.2 Å². The maximum atomic E-state index is 12.0. The van der Waals surface area contributed by atoms with Crippen molar-refractivity contribution in [3.63, 3.8) is 0 Å². The molecule has 0 bridgehead atoms. The fraction of sp³-hybridized carbons (Fsp3) is 0.588. The van der Waals surface area contributed by atoms with E-state index in [2.05, 4.69) is 12.2 Å². The molecular weight excluding hydrogens is 250 g/mol. The molecule has 1 aromatic rings. The highest BCUT2D eigenvalue weighted by Crippen LogP contribution is 2.23. The standard InChI is InChI=1S/C17H25NO2/c1-3-20-16-10-6-14(7-11-16)12-17(19)18-15-8-4-13(2)5-9-15/h6-7,10-11,13,15H,3-5,8-9,12H2,1-2H3,(H,18,19). The number of hydrogen-bond acceptors (Lipinski definition) is 2. The van der Waals surface area contributed by atoms with Gasteiger partial charge in [-0.15, -0.1) is 0 Å². The van der Waals surface area contributed by atoms with Crippen LogP contribution in [0.1, 0.15) is 45.1 Å². The topological polar surface area (TPSA) is 38.3 Å². The summed E-state index contributed by atoms with van der Waals surface area (Å²) in [5.41, 5.74) is 1.04. The minimum Gasteiger partial charge on any atom is -0.494 e. The lowest BCUT2D eigenvalue weighted by atomic mass is 9.87. The van der Waals surface area contributed by atoms with E-state index in [0.717, 1.165) is 30.1 Å². The van der Waals surface area contributed by atoms with E-state index < -0.39 is 0 Å². The summed E-state index contributed by atoms with van der Waals surface area (Å²) in [6.45, 7) is 4.92. The minimum atomic E-state index is 0.133. The minimum absolute atomic E-state index is 0.133. The lowest BCUT2D eigenvalue weighted by Gasteiger charge is -2.26. The number of ether oxygens (including phenoxy) is 1. The average Bonchev–Trinajstić information content (AvgIpc) is 2.44. The molecule has 1 aliphatic carbocycles. The molecule has 1 amide bonds. The molecule has 1 aromatic carbocycles. The quantitative estimate of drug-likeness (QED) is 0.895. The summed E-state index contributed by atoms with van der Waals surface area (Å²) in [5, 5.41) is 3.16. The molecule has 0 atom stereocenters. The van der Waals surface area contributed by atoms with Gasteiger partial charge >= 0.3 is 0 Å². The van der Waals surface area contributed by atoms with E-state index in [1.54, 1.807) is 0 Å². The van der Waals surface area contributed by atoms with Crippen molar-refractivity contribution in [2.45, 2.75) is 52.0 Å². The second-order valence-corrected chi connectivity index (χ2v) is 5.78. The van der Waals surface area contributed by atoms with Gasteiger partial charge in [0.2, 0.25) is 5.91 Å². The molecular formula is C17H25NO2. The number of nitrogens with one attached hydrogen (secondary N) is 1. The van der Waals surface area contributed by atoms with Crippen molar-refractivity contribution in [3.05, 3.63) is 29.8 Å². The Morgan fingerprint density at radius 2 is 1.85 bits per heavy atom. The van der Waals surface area contributed by atoms with Gasteiger partial charge in [-0.2, -0.15) is 0 Å². The van der Waals surface area contributed by atoms with Crippen LogP contribution in [0.3, 0.4) is 0 Å². The summed E-state index contributed by atoms with van der Waals surface area (Å²) in [6.07, 6.45) is 5.16. The zero-order valence-corrected chi connectivity index (χ0v) is 12.5. The van der Waals surface area contributed by atoms with Crippen LogP contribution in [0.5, 0.6) is 5.75 Å². The van der Waals surface area contributed by atoms with E-state index >= 15 is 0 Å². The number of carbonyl (C=O) groups excluding carboxylic acids is 1. The van der Waals surface area contributed by atoms with Crippen LogP contribution < -0.4 is 10.1 Å². The molecule has 3 nitrogen and oxygen atoms in total. The Morgan fingerprint density at radius 3 is 2.45 bits per heavy atom. The largest absolute Gasteiger partial charge is 0.494 e. The molecule has 0 unspecified atom stereocenters. The maximum absolute atomic E-state index is 12.0. The molecule has 0 spiro atoms. The third-order valence-electron chi connectivity index (χ3n) is 3.98. The molecule has 0 heterocycles. The van der Waals surface area contributed by atoms with Gasteiger partial charge in [0.15, 0.2) is 0 Å². The number of amides is 1. The van der Waals surface area contributed by atoms with Crippen LogP contribution in [0, 0.1) is 5.92 Å². The van der Waals surface area contributed by atoms with Gasteiger partial charge in [0, 0.05) is 6.04 Å². The molecule has 2 rings (SSSR count). The molecule has 0 aromatic heterocycles. The second-order valence-electron chi connectivity index (χ2n) is 5.78. The lowest BCUT2D eigenvalue weighted by molar-refractivity contribution is -0.121. The first-order chi connectivity index (χ1) is 9.67. The number of carbonyl (C=O) groups is 1. The molecule has 1 saturated carbocycles. The van der Waals surface area contributed by atoms with Crippen LogP contribution >= 0.6 is 0 Å². The van der Waals surface area contributed by atoms with Crippen LogP contribution in [-0.4, -0.2) is 18.6 Å². The molecule has 3 heteroatoms. The fourth-order valence-corrected chi connectivity index (χ4v) is 2.74. The number of benzene rings is 1. The van der Waals surface area contributed by atoms with E-state index in [0.29, 0.717) is 19.1 Å². The van der Waals surface area contributed by atoms with Crippen LogP contribution in [0.2, 0.25) is 0 Å². The zero-order valence-electron chi connectivity index (χ0n) is 12.5. The Balaban J connectivity index is 1.79. The van der Waals surface area contributed by atoms with Gasteiger partial charge in [-0.05, 0) is 56.2 Å². The summed E-state index contributed by atoms with van der Waals surface area (Å²) in [6, 6.07) is 8.16. The summed E-state index contributed by atoms with van der Waals surface area (Å²) in [4.78, 5) is 12.0. The van der Waals surface area contributed by atoms with Crippen molar-refractivity contribution in [2.75, 3.05) is 6.61 Å². The second kappa shape index (κ2) is 7.32. The summed E-state index contributed by atoms with van der Waals surface area (Å²) in [5.74, 6) is 1.81. The summed E-state index contributed by atoms with van der Waals surface area (Å²) >= 11 is 0. The van der Waals surface area contributed by atoms with Gasteiger partial charge in [0.05, 0.1) is 13.0 Å². The highest BCUT2D eigenvalue weighted by atomic mass is 16.5. The van der Waals surface area contributed by atoms with E-state index in [-0.39, 0.29) is 5.91 Å². The average molecular weight is 275 g/mol. The van der Waals surface area contributed by atoms with Gasteiger partial charge in [-0.25, -0.2) is 0 Å². The van der Waals surface area contributed by atoms with E-state index in [1.807, 2.05) is 31.2 Å². The highest BCUT2D eigenvalue weighted by molar-refractivity contribution is 5.78. The summed E-state index contributed by atoms with van der Waals surface area (Å²) in [7, 11) is 0.